The fourth-order valence-electron chi connectivity index (χ4n) is 0.877. The van der Waals surface area contributed by atoms with Gasteiger partial charge < -0.3 is 15.5 Å². The third-order valence-electron chi connectivity index (χ3n) is 1.69. The topological polar surface area (TPSA) is 52.5 Å². The van der Waals surface area contributed by atoms with Crippen LogP contribution in [-0.4, -0.2) is 41.7 Å². The lowest BCUT2D eigenvalue weighted by atomic mass is 10.2. The molecule has 0 aromatic heterocycles. The highest BCUT2D eigenvalue weighted by molar-refractivity contribution is 4.67. The van der Waals surface area contributed by atoms with Crippen LogP contribution in [0, 0.1) is 0 Å². The maximum absolute atomic E-state index is 11.8. The monoisotopic (exact) mass is 215 g/mol. The largest absolute Gasteiger partial charge is 0.415 e. The van der Waals surface area contributed by atoms with E-state index in [0.29, 0.717) is 19.4 Å². The van der Waals surface area contributed by atoms with Crippen molar-refractivity contribution in [3.05, 3.63) is 0 Å². The van der Waals surface area contributed by atoms with Gasteiger partial charge in [-0.05, 0) is 26.3 Å². The standard InChI is InChI=1S/C8H16F3NO2/c1-6(13)3-2-4-12-5-7(14)8(9,10)11/h6-7,12-14H,2-5H2,1H3. The minimum Gasteiger partial charge on any atom is -0.393 e. The van der Waals surface area contributed by atoms with E-state index in [1.54, 1.807) is 6.92 Å². The van der Waals surface area contributed by atoms with Gasteiger partial charge in [0.2, 0.25) is 0 Å². The molecule has 3 nitrogen and oxygen atoms in total. The van der Waals surface area contributed by atoms with Crippen molar-refractivity contribution in [2.45, 2.75) is 38.1 Å². The first-order chi connectivity index (χ1) is 6.34. The SMILES string of the molecule is CC(O)CCCNCC(O)C(F)(F)F. The lowest BCUT2D eigenvalue weighted by Crippen LogP contribution is -2.38. The second-order valence-corrected chi connectivity index (χ2v) is 3.25. The minimum atomic E-state index is -4.56. The van der Waals surface area contributed by atoms with E-state index in [9.17, 15) is 13.2 Å². The molecular weight excluding hydrogens is 199 g/mol. The van der Waals surface area contributed by atoms with Gasteiger partial charge in [0.1, 0.15) is 0 Å². The van der Waals surface area contributed by atoms with Gasteiger partial charge in [0.05, 0.1) is 6.10 Å². The van der Waals surface area contributed by atoms with Crippen molar-refractivity contribution in [1.82, 2.24) is 5.32 Å². The molecule has 0 aliphatic heterocycles. The molecule has 0 saturated heterocycles. The van der Waals surface area contributed by atoms with E-state index in [0.717, 1.165) is 0 Å². The van der Waals surface area contributed by atoms with Gasteiger partial charge in [0.25, 0.3) is 0 Å². The molecule has 14 heavy (non-hydrogen) atoms. The summed E-state index contributed by atoms with van der Waals surface area (Å²) < 4.78 is 35.3. The molecule has 0 amide bonds. The molecule has 0 saturated carbocycles. The zero-order valence-electron chi connectivity index (χ0n) is 8.01. The third kappa shape index (κ3) is 7.11. The Balaban J connectivity index is 3.37. The second kappa shape index (κ2) is 6.21. The summed E-state index contributed by atoms with van der Waals surface area (Å²) in [5.74, 6) is 0. The highest BCUT2D eigenvalue weighted by atomic mass is 19.4. The first-order valence-corrected chi connectivity index (χ1v) is 4.47. The van der Waals surface area contributed by atoms with Gasteiger partial charge >= 0.3 is 6.18 Å². The summed E-state index contributed by atoms with van der Waals surface area (Å²) in [7, 11) is 0. The Hall–Kier alpha value is -0.330. The Labute approximate surface area is 80.9 Å². The summed E-state index contributed by atoms with van der Waals surface area (Å²) in [4.78, 5) is 0. The Morgan fingerprint density at radius 1 is 1.29 bits per heavy atom. The summed E-state index contributed by atoms with van der Waals surface area (Å²) in [5.41, 5.74) is 0. The van der Waals surface area contributed by atoms with Crippen molar-refractivity contribution in [3.8, 4) is 0 Å². The van der Waals surface area contributed by atoms with Crippen molar-refractivity contribution >= 4 is 0 Å². The summed E-state index contributed by atoms with van der Waals surface area (Å²) in [6.45, 7) is 1.48. The van der Waals surface area contributed by atoms with Gasteiger partial charge in [0, 0.05) is 6.54 Å². The summed E-state index contributed by atoms with van der Waals surface area (Å²) in [6, 6.07) is 0. The first-order valence-electron chi connectivity index (χ1n) is 4.47. The molecule has 3 N–H and O–H groups in total. The predicted molar refractivity (Wildman–Crippen MR) is 45.8 cm³/mol. The molecule has 2 unspecified atom stereocenters. The molecule has 0 spiro atoms. The van der Waals surface area contributed by atoms with Crippen LogP contribution in [-0.2, 0) is 0 Å². The molecule has 0 aromatic carbocycles. The normalized spacial score (nSPS) is 16.7. The van der Waals surface area contributed by atoms with Gasteiger partial charge in [-0.3, -0.25) is 0 Å². The van der Waals surface area contributed by atoms with Crippen LogP contribution >= 0.6 is 0 Å². The average Bonchev–Trinajstić information content (AvgIpc) is 2.01. The van der Waals surface area contributed by atoms with Crippen molar-refractivity contribution in [3.63, 3.8) is 0 Å². The summed E-state index contributed by atoms with van der Waals surface area (Å²) >= 11 is 0. The number of hydrogen-bond acceptors (Lipinski definition) is 3. The van der Waals surface area contributed by atoms with E-state index in [1.165, 1.54) is 0 Å². The van der Waals surface area contributed by atoms with Crippen molar-refractivity contribution in [1.29, 1.82) is 0 Å². The molecule has 0 aliphatic carbocycles. The zero-order chi connectivity index (χ0) is 11.2. The molecule has 0 bridgehead atoms. The minimum absolute atomic E-state index is 0.359. The third-order valence-corrected chi connectivity index (χ3v) is 1.69. The molecule has 6 heteroatoms. The maximum Gasteiger partial charge on any atom is 0.415 e. The number of nitrogens with one attached hydrogen (secondary N) is 1. The quantitative estimate of drug-likeness (QED) is 0.570. The van der Waals surface area contributed by atoms with E-state index in [2.05, 4.69) is 5.32 Å². The number of rotatable bonds is 6. The van der Waals surface area contributed by atoms with Crippen LogP contribution in [0.1, 0.15) is 19.8 Å². The van der Waals surface area contributed by atoms with E-state index >= 15 is 0 Å². The Morgan fingerprint density at radius 2 is 1.86 bits per heavy atom. The summed E-state index contributed by atoms with van der Waals surface area (Å²) in [6.07, 6.45) is -6.19. The number of halogens is 3. The van der Waals surface area contributed by atoms with Crippen LogP contribution in [0.15, 0.2) is 0 Å². The van der Waals surface area contributed by atoms with Crippen LogP contribution in [0.2, 0.25) is 0 Å². The number of aliphatic hydroxyl groups excluding tert-OH is 2. The fourth-order valence-corrected chi connectivity index (χ4v) is 0.877. The molecule has 0 heterocycles. The smallest absolute Gasteiger partial charge is 0.393 e. The molecular formula is C8H16F3NO2. The molecule has 0 rings (SSSR count). The summed E-state index contributed by atoms with van der Waals surface area (Å²) in [5, 5.41) is 19.9. The van der Waals surface area contributed by atoms with Gasteiger partial charge in [-0.2, -0.15) is 13.2 Å². The van der Waals surface area contributed by atoms with Gasteiger partial charge in [-0.1, -0.05) is 0 Å². The van der Waals surface area contributed by atoms with Crippen LogP contribution in [0.4, 0.5) is 13.2 Å². The molecule has 2 atom stereocenters. The highest BCUT2D eigenvalue weighted by Crippen LogP contribution is 2.19. The van der Waals surface area contributed by atoms with Gasteiger partial charge in [-0.25, -0.2) is 0 Å². The van der Waals surface area contributed by atoms with Gasteiger partial charge in [-0.15, -0.1) is 0 Å². The van der Waals surface area contributed by atoms with Crippen LogP contribution in [0.25, 0.3) is 0 Å². The Morgan fingerprint density at radius 3 is 2.29 bits per heavy atom. The van der Waals surface area contributed by atoms with Crippen LogP contribution in [0.3, 0.4) is 0 Å². The second-order valence-electron chi connectivity index (χ2n) is 3.25. The van der Waals surface area contributed by atoms with Crippen LogP contribution in [0.5, 0.6) is 0 Å². The van der Waals surface area contributed by atoms with Crippen molar-refractivity contribution in [2.75, 3.05) is 13.1 Å². The van der Waals surface area contributed by atoms with Gasteiger partial charge in [0.15, 0.2) is 6.10 Å². The molecule has 0 radical (unpaired) electrons. The molecule has 0 fully saturated rings. The first kappa shape index (κ1) is 13.7. The maximum atomic E-state index is 11.8. The molecule has 0 aromatic rings. The Kier molecular flexibility index (Phi) is 6.06. The van der Waals surface area contributed by atoms with E-state index < -0.39 is 24.9 Å². The molecule has 86 valence electrons. The fraction of sp³-hybridized carbons (Fsp3) is 1.00. The predicted octanol–water partition coefficient (Wildman–Crippen LogP) is 0.660. The average molecular weight is 215 g/mol. The molecule has 0 aliphatic rings. The van der Waals surface area contributed by atoms with E-state index in [1.807, 2.05) is 0 Å². The van der Waals surface area contributed by atoms with E-state index in [-0.39, 0.29) is 0 Å². The lowest BCUT2D eigenvalue weighted by Gasteiger charge is -2.15. The zero-order valence-corrected chi connectivity index (χ0v) is 8.01. The van der Waals surface area contributed by atoms with Crippen LogP contribution < -0.4 is 5.32 Å². The Bertz CT molecular complexity index is 150. The number of aliphatic hydroxyl groups is 2. The number of hydrogen-bond donors (Lipinski definition) is 3. The highest BCUT2D eigenvalue weighted by Gasteiger charge is 2.37. The number of alkyl halides is 3. The lowest BCUT2D eigenvalue weighted by molar-refractivity contribution is -0.201. The van der Waals surface area contributed by atoms with E-state index in [4.69, 9.17) is 10.2 Å². The van der Waals surface area contributed by atoms with Crippen molar-refractivity contribution < 1.29 is 23.4 Å². The van der Waals surface area contributed by atoms with Crippen molar-refractivity contribution in [2.24, 2.45) is 0 Å².